The molecule has 0 amide bonds. The number of ketones is 1. The number of fused-ring (bicyclic) bond motifs is 4. The van der Waals surface area contributed by atoms with Crippen molar-refractivity contribution in [3.05, 3.63) is 57.0 Å². The Balaban J connectivity index is 1.91. The Bertz CT molecular complexity index is 1250. The number of aryl methyl sites for hydroxylation is 2. The van der Waals surface area contributed by atoms with Gasteiger partial charge in [-0.3, -0.25) is 9.59 Å². The fraction of sp³-hybridized carbons (Fsp3) is 0.300. The first kappa shape index (κ1) is 16.4. The summed E-state index contributed by atoms with van der Waals surface area (Å²) in [4.78, 5) is 32.4. The summed E-state index contributed by atoms with van der Waals surface area (Å²) in [6, 6.07) is 9.47. The Morgan fingerprint density at radius 1 is 1.11 bits per heavy atom. The molecule has 6 nitrogen and oxygen atoms in total. The molecule has 7 heteroatoms. The van der Waals surface area contributed by atoms with Crippen LogP contribution in [0.4, 0.5) is 0 Å². The van der Waals surface area contributed by atoms with Gasteiger partial charge in [0.05, 0.1) is 11.1 Å². The minimum atomic E-state index is -0.251. The van der Waals surface area contributed by atoms with Crippen LogP contribution < -0.4 is 5.56 Å². The minimum Gasteiger partial charge on any atom is -0.291 e. The standard InChI is InChI=1S/C20H18N4O2S/c1-12(25)17-22-24(13-8-4-2-5-9-13)20-21-18-16(19(26)23(17)20)14-10-6-3-7-11-15(14)27-18/h2,4-5,8-9H,3,6-7,10-11H2,1H3. The Morgan fingerprint density at radius 2 is 1.89 bits per heavy atom. The Labute approximate surface area is 159 Å². The molecule has 1 aromatic carbocycles. The largest absolute Gasteiger partial charge is 0.291 e. The molecule has 3 heterocycles. The third-order valence-electron chi connectivity index (χ3n) is 5.13. The molecule has 5 rings (SSSR count). The lowest BCUT2D eigenvalue weighted by atomic mass is 10.1. The molecule has 0 aliphatic heterocycles. The molecule has 1 aliphatic carbocycles. The van der Waals surface area contributed by atoms with Gasteiger partial charge in [-0.25, -0.2) is 9.38 Å². The van der Waals surface area contributed by atoms with Crippen LogP contribution in [0.25, 0.3) is 21.7 Å². The number of para-hydroxylation sites is 1. The number of carbonyl (C=O) groups excluding carboxylic acids is 1. The molecular formula is C20H18N4O2S. The van der Waals surface area contributed by atoms with Crippen LogP contribution in [-0.2, 0) is 12.8 Å². The van der Waals surface area contributed by atoms with E-state index in [1.165, 1.54) is 22.6 Å². The second kappa shape index (κ2) is 6.13. The molecule has 136 valence electrons. The molecule has 1 aliphatic rings. The Hall–Kier alpha value is -2.80. The van der Waals surface area contributed by atoms with E-state index < -0.39 is 0 Å². The zero-order valence-corrected chi connectivity index (χ0v) is 15.8. The van der Waals surface area contributed by atoms with E-state index >= 15 is 0 Å². The van der Waals surface area contributed by atoms with Crippen molar-refractivity contribution in [2.24, 2.45) is 0 Å². The van der Waals surface area contributed by atoms with Gasteiger partial charge >= 0.3 is 0 Å². The highest BCUT2D eigenvalue weighted by molar-refractivity contribution is 7.18. The number of Topliss-reactive ketones (excluding diaryl/α,β-unsaturated/α-hetero) is 1. The smallest absolute Gasteiger partial charge is 0.269 e. The summed E-state index contributed by atoms with van der Waals surface area (Å²) in [5.41, 5.74) is 1.72. The fourth-order valence-corrected chi connectivity index (χ4v) is 5.11. The zero-order chi connectivity index (χ0) is 18.5. The lowest BCUT2D eigenvalue weighted by molar-refractivity contribution is 0.100. The van der Waals surface area contributed by atoms with Crippen molar-refractivity contribution >= 4 is 33.1 Å². The Kier molecular flexibility index (Phi) is 3.72. The molecule has 0 saturated carbocycles. The number of carbonyl (C=O) groups is 1. The highest BCUT2D eigenvalue weighted by Crippen LogP contribution is 2.33. The van der Waals surface area contributed by atoms with E-state index in [4.69, 9.17) is 4.98 Å². The number of aromatic nitrogens is 4. The van der Waals surface area contributed by atoms with Gasteiger partial charge in [-0.1, -0.05) is 24.6 Å². The van der Waals surface area contributed by atoms with Gasteiger partial charge in [-0.05, 0) is 43.4 Å². The van der Waals surface area contributed by atoms with Gasteiger partial charge in [0, 0.05) is 11.8 Å². The van der Waals surface area contributed by atoms with Crippen LogP contribution in [0, 0.1) is 0 Å². The van der Waals surface area contributed by atoms with Gasteiger partial charge in [0.25, 0.3) is 5.56 Å². The number of rotatable bonds is 2. The number of hydrogen-bond acceptors (Lipinski definition) is 5. The maximum absolute atomic E-state index is 13.4. The van der Waals surface area contributed by atoms with E-state index in [-0.39, 0.29) is 17.2 Å². The number of hydrogen-bond donors (Lipinski definition) is 0. The summed E-state index contributed by atoms with van der Waals surface area (Å²) in [5, 5.41) is 5.10. The highest BCUT2D eigenvalue weighted by atomic mass is 32.1. The quantitative estimate of drug-likeness (QED) is 0.395. The van der Waals surface area contributed by atoms with Crippen molar-refractivity contribution < 1.29 is 4.79 Å². The van der Waals surface area contributed by atoms with Crippen LogP contribution in [0.1, 0.15) is 47.2 Å². The molecule has 0 unspecified atom stereocenters. The molecule has 3 aromatic heterocycles. The normalized spacial score (nSPS) is 14.4. The van der Waals surface area contributed by atoms with Gasteiger partial charge in [-0.15, -0.1) is 16.4 Å². The van der Waals surface area contributed by atoms with Crippen LogP contribution >= 0.6 is 11.3 Å². The summed E-state index contributed by atoms with van der Waals surface area (Å²) in [6.45, 7) is 1.43. The SMILES string of the molecule is CC(=O)c1nn(-c2ccccc2)c2nc3sc4c(c3c(=O)n12)CCCCC4. The number of benzene rings is 1. The molecule has 0 bridgehead atoms. The van der Waals surface area contributed by atoms with Crippen LogP contribution in [0.15, 0.2) is 35.1 Å². The van der Waals surface area contributed by atoms with Crippen molar-refractivity contribution in [1.29, 1.82) is 0 Å². The molecule has 0 fully saturated rings. The second-order valence-electron chi connectivity index (χ2n) is 6.92. The van der Waals surface area contributed by atoms with Crippen molar-refractivity contribution in [2.45, 2.75) is 39.0 Å². The zero-order valence-electron chi connectivity index (χ0n) is 14.9. The van der Waals surface area contributed by atoms with E-state index in [1.807, 2.05) is 30.3 Å². The van der Waals surface area contributed by atoms with Crippen LogP contribution in [0.3, 0.4) is 0 Å². The highest BCUT2D eigenvalue weighted by Gasteiger charge is 2.24. The molecule has 0 atom stereocenters. The molecule has 4 aromatic rings. The van der Waals surface area contributed by atoms with Gasteiger partial charge in [0.2, 0.25) is 11.6 Å². The van der Waals surface area contributed by atoms with Crippen molar-refractivity contribution in [2.75, 3.05) is 0 Å². The predicted octanol–water partition coefficient (Wildman–Crippen LogP) is 3.57. The number of nitrogens with zero attached hydrogens (tertiary/aromatic N) is 4. The number of thiophene rings is 1. The third kappa shape index (κ3) is 2.45. The molecule has 0 saturated heterocycles. The first-order valence-corrected chi connectivity index (χ1v) is 9.99. The third-order valence-corrected chi connectivity index (χ3v) is 6.32. The average Bonchev–Trinajstić information content (AvgIpc) is 3.14. The Morgan fingerprint density at radius 3 is 2.67 bits per heavy atom. The lowest BCUT2D eigenvalue weighted by Crippen LogP contribution is -2.19. The molecular weight excluding hydrogens is 360 g/mol. The van der Waals surface area contributed by atoms with Crippen LogP contribution in [0.5, 0.6) is 0 Å². The first-order valence-electron chi connectivity index (χ1n) is 9.17. The summed E-state index contributed by atoms with van der Waals surface area (Å²) >= 11 is 1.61. The van der Waals surface area contributed by atoms with E-state index in [0.717, 1.165) is 41.8 Å². The maximum atomic E-state index is 13.4. The molecule has 0 N–H and O–H groups in total. The average molecular weight is 378 g/mol. The second-order valence-corrected chi connectivity index (χ2v) is 8.01. The van der Waals surface area contributed by atoms with Crippen LogP contribution in [0.2, 0.25) is 0 Å². The van der Waals surface area contributed by atoms with Gasteiger partial charge in [-0.2, -0.15) is 4.68 Å². The summed E-state index contributed by atoms with van der Waals surface area (Å²) in [5.74, 6) is 0.265. The first-order chi connectivity index (χ1) is 13.1. The molecule has 27 heavy (non-hydrogen) atoms. The van der Waals surface area contributed by atoms with E-state index in [1.54, 1.807) is 16.0 Å². The summed E-state index contributed by atoms with van der Waals surface area (Å²) < 4.78 is 2.97. The molecule has 0 spiro atoms. The lowest BCUT2D eigenvalue weighted by Gasteiger charge is -2.02. The molecule has 0 radical (unpaired) electrons. The topological polar surface area (TPSA) is 69.3 Å². The van der Waals surface area contributed by atoms with Crippen molar-refractivity contribution in [1.82, 2.24) is 19.2 Å². The fourth-order valence-electron chi connectivity index (χ4n) is 3.86. The summed E-state index contributed by atoms with van der Waals surface area (Å²) in [7, 11) is 0. The van der Waals surface area contributed by atoms with E-state index in [2.05, 4.69) is 5.10 Å². The summed E-state index contributed by atoms with van der Waals surface area (Å²) in [6.07, 6.45) is 5.33. The van der Waals surface area contributed by atoms with E-state index in [9.17, 15) is 9.59 Å². The van der Waals surface area contributed by atoms with Crippen LogP contribution in [-0.4, -0.2) is 24.9 Å². The van der Waals surface area contributed by atoms with Crippen molar-refractivity contribution in [3.63, 3.8) is 0 Å². The predicted molar refractivity (Wildman–Crippen MR) is 105 cm³/mol. The van der Waals surface area contributed by atoms with Gasteiger partial charge in [0.15, 0.2) is 5.78 Å². The van der Waals surface area contributed by atoms with Crippen molar-refractivity contribution in [3.8, 4) is 5.69 Å². The maximum Gasteiger partial charge on any atom is 0.269 e. The van der Waals surface area contributed by atoms with Gasteiger partial charge < -0.3 is 0 Å². The van der Waals surface area contributed by atoms with E-state index in [0.29, 0.717) is 11.2 Å². The monoisotopic (exact) mass is 378 g/mol. The van der Waals surface area contributed by atoms with Gasteiger partial charge in [0.1, 0.15) is 4.83 Å². The minimum absolute atomic E-state index is 0.127.